The van der Waals surface area contributed by atoms with Crippen LogP contribution in [0.3, 0.4) is 0 Å². The van der Waals surface area contributed by atoms with Crippen molar-refractivity contribution in [3.8, 4) is 6.07 Å². The van der Waals surface area contributed by atoms with E-state index in [-0.39, 0.29) is 22.9 Å². The van der Waals surface area contributed by atoms with Crippen LogP contribution in [-0.4, -0.2) is 55.3 Å². The summed E-state index contributed by atoms with van der Waals surface area (Å²) in [6, 6.07) is 6.74. The molecule has 1 aromatic rings. The van der Waals surface area contributed by atoms with E-state index in [4.69, 9.17) is 11.6 Å². The highest BCUT2D eigenvalue weighted by atomic mass is 35.5. The molecule has 0 bridgehead atoms. The minimum Gasteiger partial charge on any atom is -0.336 e. The van der Waals surface area contributed by atoms with Gasteiger partial charge in [-0.15, -0.1) is 0 Å². The van der Waals surface area contributed by atoms with Gasteiger partial charge in [0.05, 0.1) is 33.2 Å². The summed E-state index contributed by atoms with van der Waals surface area (Å²) in [7, 11) is -3.97. The Labute approximate surface area is 177 Å². The van der Waals surface area contributed by atoms with E-state index in [1.807, 2.05) is 6.07 Å². The van der Waals surface area contributed by atoms with E-state index in [0.717, 1.165) is 6.92 Å². The topological polar surface area (TPSA) is 90.3 Å². The molecule has 1 aromatic carbocycles. The first kappa shape index (κ1) is 22.8. The summed E-state index contributed by atoms with van der Waals surface area (Å²) in [4.78, 5) is 13.9. The Balaban J connectivity index is 1.86. The number of carbonyl (C=O) groups excluding carboxylic acids is 1. The number of sulfone groups is 1. The molecule has 3 atom stereocenters. The van der Waals surface area contributed by atoms with E-state index in [2.05, 4.69) is 5.32 Å². The van der Waals surface area contributed by atoms with Crippen LogP contribution in [0.5, 0.6) is 0 Å². The number of nitrogens with zero attached hydrogens (tertiary/aromatic N) is 2. The van der Waals surface area contributed by atoms with Gasteiger partial charge in [0.1, 0.15) is 5.54 Å². The molecule has 3 rings (SSSR count). The Morgan fingerprint density at radius 1 is 1.40 bits per heavy atom. The van der Waals surface area contributed by atoms with Gasteiger partial charge in [-0.3, -0.25) is 9.69 Å². The zero-order valence-corrected chi connectivity index (χ0v) is 17.7. The van der Waals surface area contributed by atoms with E-state index in [9.17, 15) is 31.6 Å². The molecule has 1 aliphatic heterocycles. The average Bonchev–Trinajstić information content (AvgIpc) is 3.30. The smallest absolute Gasteiger partial charge is 0.336 e. The third kappa shape index (κ3) is 4.58. The molecule has 1 aliphatic carbocycles. The van der Waals surface area contributed by atoms with E-state index in [1.165, 1.54) is 23.1 Å². The monoisotopic (exact) mass is 463 g/mol. The van der Waals surface area contributed by atoms with Gasteiger partial charge in [-0.2, -0.15) is 18.4 Å². The molecule has 1 saturated carbocycles. The first-order valence-corrected chi connectivity index (χ1v) is 11.3. The summed E-state index contributed by atoms with van der Waals surface area (Å²) in [6.45, 7) is 0.240. The summed E-state index contributed by atoms with van der Waals surface area (Å²) < 4.78 is 65.5. The standard InChI is InChI=1S/C19H21ClF3N3O3S/c1-12(19(21,22)23)9-26-10-13(30(28,29)16-5-3-2-4-14(16)20)8-15(26)17(27)25-18(11-24)6-7-18/h2-5,12-13,15H,6-10H2,1H3,(H,25,27). The first-order chi connectivity index (χ1) is 13.9. The second-order valence-corrected chi connectivity index (χ2v) is 10.5. The van der Waals surface area contributed by atoms with Crippen LogP contribution in [0.25, 0.3) is 0 Å². The zero-order valence-electron chi connectivity index (χ0n) is 16.1. The van der Waals surface area contributed by atoms with Gasteiger partial charge < -0.3 is 5.32 Å². The second-order valence-electron chi connectivity index (χ2n) is 7.93. The number of nitriles is 1. The summed E-state index contributed by atoms with van der Waals surface area (Å²) >= 11 is 6.02. The number of amides is 1. The van der Waals surface area contributed by atoms with Crippen molar-refractivity contribution in [1.29, 1.82) is 5.26 Å². The maximum atomic E-state index is 13.1. The molecule has 6 nitrogen and oxygen atoms in total. The van der Waals surface area contributed by atoms with Crippen LogP contribution in [0.4, 0.5) is 13.2 Å². The molecule has 2 fully saturated rings. The molecule has 1 saturated heterocycles. The van der Waals surface area contributed by atoms with Crippen LogP contribution in [0.1, 0.15) is 26.2 Å². The lowest BCUT2D eigenvalue weighted by molar-refractivity contribution is -0.175. The predicted octanol–water partition coefficient (Wildman–Crippen LogP) is 2.93. The van der Waals surface area contributed by atoms with Gasteiger partial charge in [0, 0.05) is 13.1 Å². The lowest BCUT2D eigenvalue weighted by Crippen LogP contribution is -2.49. The van der Waals surface area contributed by atoms with Gasteiger partial charge in [-0.1, -0.05) is 30.7 Å². The molecule has 1 amide bonds. The molecule has 11 heteroatoms. The highest BCUT2D eigenvalue weighted by Gasteiger charge is 2.50. The fourth-order valence-electron chi connectivity index (χ4n) is 3.58. The third-order valence-corrected chi connectivity index (χ3v) is 8.27. The number of carbonyl (C=O) groups is 1. The second kappa shape index (κ2) is 8.02. The lowest BCUT2D eigenvalue weighted by atomic mass is 10.1. The molecule has 164 valence electrons. The van der Waals surface area contributed by atoms with Crippen molar-refractivity contribution >= 4 is 27.3 Å². The van der Waals surface area contributed by atoms with E-state index >= 15 is 0 Å². The minimum absolute atomic E-state index is 0.0158. The molecule has 1 N–H and O–H groups in total. The van der Waals surface area contributed by atoms with E-state index < -0.39 is 51.2 Å². The number of alkyl halides is 3. The van der Waals surface area contributed by atoms with Gasteiger partial charge in [-0.05, 0) is 31.4 Å². The van der Waals surface area contributed by atoms with Gasteiger partial charge in [0.2, 0.25) is 5.91 Å². The zero-order chi connectivity index (χ0) is 22.3. The fraction of sp³-hybridized carbons (Fsp3) is 0.579. The summed E-state index contributed by atoms with van der Waals surface area (Å²) in [5.41, 5.74) is -1.00. The minimum atomic E-state index is -4.48. The van der Waals surface area contributed by atoms with Crippen LogP contribution in [0.15, 0.2) is 29.2 Å². The van der Waals surface area contributed by atoms with Crippen molar-refractivity contribution in [2.24, 2.45) is 5.92 Å². The number of nitrogens with one attached hydrogen (secondary N) is 1. The van der Waals surface area contributed by atoms with Crippen molar-refractivity contribution in [3.05, 3.63) is 29.3 Å². The number of halogens is 4. The summed E-state index contributed by atoms with van der Waals surface area (Å²) in [5.74, 6) is -2.37. The molecular formula is C19H21ClF3N3O3S. The quantitative estimate of drug-likeness (QED) is 0.700. The molecular weight excluding hydrogens is 443 g/mol. The molecule has 0 radical (unpaired) electrons. The Bertz CT molecular complexity index is 973. The number of rotatable bonds is 6. The van der Waals surface area contributed by atoms with Crippen LogP contribution in [0.2, 0.25) is 5.02 Å². The van der Waals surface area contributed by atoms with Gasteiger partial charge in [-0.25, -0.2) is 8.42 Å². The van der Waals surface area contributed by atoms with Crippen LogP contribution in [-0.2, 0) is 14.6 Å². The Hall–Kier alpha value is -1.83. The normalized spacial score (nSPS) is 24.8. The van der Waals surface area contributed by atoms with Gasteiger partial charge in [0.15, 0.2) is 9.84 Å². The average molecular weight is 464 g/mol. The van der Waals surface area contributed by atoms with Crippen LogP contribution in [0, 0.1) is 17.2 Å². The molecule has 1 heterocycles. The van der Waals surface area contributed by atoms with E-state index in [1.54, 1.807) is 6.07 Å². The predicted molar refractivity (Wildman–Crippen MR) is 103 cm³/mol. The van der Waals surface area contributed by atoms with E-state index in [0.29, 0.717) is 12.8 Å². The van der Waals surface area contributed by atoms with Crippen LogP contribution < -0.4 is 5.32 Å². The molecule has 3 unspecified atom stereocenters. The molecule has 0 spiro atoms. The fourth-order valence-corrected chi connectivity index (χ4v) is 5.83. The third-order valence-electron chi connectivity index (χ3n) is 5.64. The SMILES string of the molecule is CC(CN1CC(S(=O)(=O)c2ccccc2Cl)CC1C(=O)NC1(C#N)CC1)C(F)(F)F. The largest absolute Gasteiger partial charge is 0.392 e. The van der Waals surface area contributed by atoms with Gasteiger partial charge >= 0.3 is 6.18 Å². The Morgan fingerprint density at radius 2 is 2.03 bits per heavy atom. The summed E-state index contributed by atoms with van der Waals surface area (Å²) in [5, 5.41) is 10.7. The Morgan fingerprint density at radius 3 is 2.57 bits per heavy atom. The van der Waals surface area contributed by atoms with Crippen molar-refractivity contribution in [2.75, 3.05) is 13.1 Å². The molecule has 30 heavy (non-hydrogen) atoms. The molecule has 2 aliphatic rings. The van der Waals surface area contributed by atoms with Crippen molar-refractivity contribution < 1.29 is 26.4 Å². The van der Waals surface area contributed by atoms with Crippen molar-refractivity contribution in [1.82, 2.24) is 10.2 Å². The number of hydrogen-bond donors (Lipinski definition) is 1. The highest BCUT2D eigenvalue weighted by molar-refractivity contribution is 7.92. The maximum absolute atomic E-state index is 13.1. The maximum Gasteiger partial charge on any atom is 0.392 e. The molecule has 0 aromatic heterocycles. The number of benzene rings is 1. The summed E-state index contributed by atoms with van der Waals surface area (Å²) in [6.07, 6.45) is -3.74. The lowest BCUT2D eigenvalue weighted by Gasteiger charge is -2.28. The van der Waals surface area contributed by atoms with Crippen molar-refractivity contribution in [3.63, 3.8) is 0 Å². The number of likely N-dealkylation sites (tertiary alicyclic amines) is 1. The van der Waals surface area contributed by atoms with Crippen molar-refractivity contribution in [2.45, 2.75) is 54.1 Å². The van der Waals surface area contributed by atoms with Gasteiger partial charge in [0.25, 0.3) is 0 Å². The Kier molecular flexibility index (Phi) is 6.11. The first-order valence-electron chi connectivity index (χ1n) is 9.42. The number of hydrogen-bond acceptors (Lipinski definition) is 5. The highest BCUT2D eigenvalue weighted by Crippen LogP contribution is 2.37. The van der Waals surface area contributed by atoms with Crippen LogP contribution >= 0.6 is 11.6 Å².